The Labute approximate surface area is 378 Å². The fourth-order valence-corrected chi connectivity index (χ4v) is 16.3. The van der Waals surface area contributed by atoms with Crippen molar-refractivity contribution in [2.24, 2.45) is 4.99 Å². The predicted molar refractivity (Wildman–Crippen MR) is 267 cm³/mol. The van der Waals surface area contributed by atoms with E-state index >= 15 is 0 Å². The molecule has 7 aromatic rings. The molecule has 7 heteroatoms. The molecule has 0 heterocycles. The van der Waals surface area contributed by atoms with E-state index in [1.807, 2.05) is 30.3 Å². The third kappa shape index (κ3) is 10.5. The third-order valence-corrected chi connectivity index (χ3v) is 16.4. The van der Waals surface area contributed by atoms with Crippen molar-refractivity contribution < 1.29 is 5.11 Å². The van der Waals surface area contributed by atoms with Gasteiger partial charge in [0, 0.05) is 48.0 Å². The van der Waals surface area contributed by atoms with Gasteiger partial charge in [0.2, 0.25) is 0 Å². The molecule has 0 fully saturated rings. The van der Waals surface area contributed by atoms with Crippen molar-refractivity contribution in [3.63, 3.8) is 0 Å². The summed E-state index contributed by atoms with van der Waals surface area (Å²) in [6.45, 7) is 22.5. The molecule has 0 amide bonds. The fraction of sp³-hybridized carbons (Fsp3) is 0.264. The summed E-state index contributed by atoms with van der Waals surface area (Å²) in [7, 11) is 1.96. The number of nitrogens with zero attached hydrogens (tertiary/aromatic N) is 3. The minimum atomic E-state index is -1.11. The molecule has 304 valence electrons. The molecule has 0 radical (unpaired) electrons. The largest absolute Gasteiger partial charge is 2.00 e. The normalized spacial score (nSPS) is 12.3. The predicted octanol–water partition coefficient (Wildman–Crippen LogP) is 13.9. The Morgan fingerprint density at radius 2 is 1.02 bits per heavy atom. The molecule has 0 aliphatic carbocycles. The minimum absolute atomic E-state index is 0. The van der Waals surface area contributed by atoms with Crippen LogP contribution in [-0.4, -0.2) is 59.8 Å². The van der Waals surface area contributed by atoms with Crippen molar-refractivity contribution in [2.45, 2.75) is 77.8 Å². The summed E-state index contributed by atoms with van der Waals surface area (Å²) in [5.74, 6) is -0.00306. The molecule has 0 spiro atoms. The van der Waals surface area contributed by atoms with Gasteiger partial charge in [0.25, 0.3) is 0 Å². The van der Waals surface area contributed by atoms with Crippen LogP contribution in [0.4, 0.5) is 11.4 Å². The first kappa shape index (κ1) is 46.6. The van der Waals surface area contributed by atoms with Gasteiger partial charge in [-0.25, -0.2) is 0 Å². The first-order valence-electron chi connectivity index (χ1n) is 20.7. The maximum absolute atomic E-state index is 14.6. The van der Waals surface area contributed by atoms with E-state index in [2.05, 4.69) is 201 Å². The maximum atomic E-state index is 14.6. The van der Waals surface area contributed by atoms with E-state index in [4.69, 9.17) is 9.64 Å². The average Bonchev–Trinajstić information content (AvgIpc) is 3.19. The molecular weight excluding hydrogens is 775 g/mol. The van der Waals surface area contributed by atoms with Crippen molar-refractivity contribution in [2.75, 3.05) is 19.0 Å². The fourth-order valence-electron chi connectivity index (χ4n) is 8.28. The van der Waals surface area contributed by atoms with Crippen LogP contribution in [-0.2, 0) is 10.8 Å². The van der Waals surface area contributed by atoms with Gasteiger partial charge >= 0.3 is 23.1 Å². The van der Waals surface area contributed by atoms with Crippen molar-refractivity contribution in [1.29, 1.82) is 0 Å². The monoisotopic (exact) mass is 835 g/mol. The maximum Gasteiger partial charge on any atom is 2.00 e. The van der Waals surface area contributed by atoms with Gasteiger partial charge in [0.05, 0.1) is 5.69 Å². The van der Waals surface area contributed by atoms with E-state index in [9.17, 15) is 5.11 Å². The summed E-state index contributed by atoms with van der Waals surface area (Å²) in [6, 6.07) is 50.6. The van der Waals surface area contributed by atoms with Crippen LogP contribution in [0.15, 0.2) is 151 Å². The summed E-state index contributed by atoms with van der Waals surface area (Å²) in [6.07, 6.45) is 1.80. The molecule has 7 rings (SSSR count). The summed E-state index contributed by atoms with van der Waals surface area (Å²) < 4.78 is 4.82. The summed E-state index contributed by atoms with van der Waals surface area (Å²) >= 11 is 0. The van der Waals surface area contributed by atoms with Crippen molar-refractivity contribution in [3.05, 3.63) is 178 Å². The first-order chi connectivity index (χ1) is 27.8. The molecule has 0 unspecified atom stereocenters. The van der Waals surface area contributed by atoms with Crippen LogP contribution in [0.2, 0.25) is 39.3 Å². The standard InChI is InChI=1S/C47H44N2O.C6H18NSi2.Mg/c1-46(2,35-19-9-7-10-20-35)37-29-34(45(50)40(30-37)47(3,4)36-21-11-8-12-22-36)31-48-41-27-25-32-17-13-15-23-38(32)43(41)44-39-24-16-14-18-33(39)26-28-42(44)49(5)6;1-8(2,3)7-9(4,5)6;/h7-31,50H,1-6H3;1-6H3;/q;-1;+2/p-1. The van der Waals surface area contributed by atoms with Crippen LogP contribution in [0.3, 0.4) is 0 Å². The second-order valence-electron chi connectivity index (χ2n) is 18.9. The van der Waals surface area contributed by atoms with Gasteiger partial charge in [0.15, 0.2) is 0 Å². The Kier molecular flexibility index (Phi) is 14.5. The second kappa shape index (κ2) is 18.6. The van der Waals surface area contributed by atoms with E-state index in [-0.39, 0.29) is 34.2 Å². The van der Waals surface area contributed by atoms with Gasteiger partial charge in [-0.3, -0.25) is 4.99 Å². The molecule has 0 N–H and O–H groups in total. The summed E-state index contributed by atoms with van der Waals surface area (Å²) in [5.41, 5.74) is 7.93. The molecule has 0 saturated carbocycles. The molecule has 7 aromatic carbocycles. The Bertz CT molecular complexity index is 2580. The Morgan fingerprint density at radius 3 is 1.52 bits per heavy atom. The zero-order valence-corrected chi connectivity index (χ0v) is 41.3. The number of anilines is 1. The van der Waals surface area contributed by atoms with Crippen LogP contribution in [0.1, 0.15) is 55.5 Å². The van der Waals surface area contributed by atoms with Gasteiger partial charge in [0.1, 0.15) is 0 Å². The number of fused-ring (bicyclic) bond motifs is 2. The zero-order valence-electron chi connectivity index (χ0n) is 37.9. The zero-order chi connectivity index (χ0) is 42.8. The summed E-state index contributed by atoms with van der Waals surface area (Å²) in [5, 5.41) is 19.2. The van der Waals surface area contributed by atoms with Crippen molar-refractivity contribution in [1.82, 2.24) is 0 Å². The molecule has 0 bridgehead atoms. The quantitative estimate of drug-likeness (QED) is 0.102. The smallest absolute Gasteiger partial charge is 0.872 e. The van der Waals surface area contributed by atoms with Crippen molar-refractivity contribution >= 4 is 78.7 Å². The number of aliphatic imine (C=N–C) groups is 1. The van der Waals surface area contributed by atoms with Gasteiger partial charge in [-0.15, -0.1) is 0 Å². The van der Waals surface area contributed by atoms with E-state index in [0.29, 0.717) is 5.56 Å². The topological polar surface area (TPSA) is 52.8 Å². The van der Waals surface area contributed by atoms with Crippen LogP contribution >= 0.6 is 0 Å². The van der Waals surface area contributed by atoms with E-state index in [1.165, 1.54) is 10.9 Å². The molecular formula is C53H61MgN3OSi2. The number of hydrogen-bond donors (Lipinski definition) is 0. The van der Waals surface area contributed by atoms with Gasteiger partial charge in [-0.1, -0.05) is 217 Å². The van der Waals surface area contributed by atoms with E-state index < -0.39 is 21.9 Å². The number of rotatable bonds is 10. The summed E-state index contributed by atoms with van der Waals surface area (Å²) in [4.78, 5) is 7.39. The number of hydrogen-bond acceptors (Lipinski definition) is 3. The SMILES string of the molecule is CN(C)c1ccc2ccccc2c1-c1c(N=Cc2cc(C(C)(C)c3ccccc3)cc(C(C)(C)c3ccccc3)c2[O-])ccc2ccccc12.C[Si](C)(C)[N-][Si](C)(C)C.[Mg+2]. The Hall–Kier alpha value is -4.51. The molecule has 0 aromatic heterocycles. The van der Waals surface area contributed by atoms with Crippen LogP contribution in [0, 0.1) is 0 Å². The van der Waals surface area contributed by atoms with Crippen LogP contribution < -0.4 is 10.0 Å². The molecule has 4 nitrogen and oxygen atoms in total. The third-order valence-electron chi connectivity index (χ3n) is 11.1. The molecule has 0 saturated heterocycles. The minimum Gasteiger partial charge on any atom is -0.872 e. The second-order valence-corrected chi connectivity index (χ2v) is 28.5. The Morgan fingerprint density at radius 1 is 0.550 bits per heavy atom. The van der Waals surface area contributed by atoms with E-state index in [1.54, 1.807) is 6.21 Å². The van der Waals surface area contributed by atoms with Crippen LogP contribution in [0.25, 0.3) is 37.3 Å². The molecule has 0 aliphatic rings. The number of benzene rings is 7. The van der Waals surface area contributed by atoms with Gasteiger partial charge in [-0.05, 0) is 67.6 Å². The van der Waals surface area contributed by atoms with Gasteiger partial charge in [-0.2, -0.15) is 0 Å². The van der Waals surface area contributed by atoms with Crippen LogP contribution in [0.5, 0.6) is 5.75 Å². The average molecular weight is 837 g/mol. The van der Waals surface area contributed by atoms with Gasteiger partial charge < -0.3 is 14.7 Å². The first-order valence-corrected chi connectivity index (χ1v) is 27.6. The molecule has 0 aliphatic heterocycles. The van der Waals surface area contributed by atoms with Crippen molar-refractivity contribution in [3.8, 4) is 16.9 Å². The molecule has 0 atom stereocenters. The van der Waals surface area contributed by atoms with E-state index in [0.717, 1.165) is 55.4 Å². The Balaban J connectivity index is 0.000000614. The molecule has 60 heavy (non-hydrogen) atoms.